The van der Waals surface area contributed by atoms with E-state index < -0.39 is 0 Å². The molecule has 3 aromatic rings. The monoisotopic (exact) mass is 352 g/mol. The predicted octanol–water partition coefficient (Wildman–Crippen LogP) is 4.75. The van der Waals surface area contributed by atoms with Crippen molar-refractivity contribution < 1.29 is 0 Å². The van der Waals surface area contributed by atoms with Crippen LogP contribution in [0.3, 0.4) is 0 Å². The van der Waals surface area contributed by atoms with Gasteiger partial charge in [0.15, 0.2) is 5.65 Å². The molecule has 2 aliphatic carbocycles. The highest BCUT2D eigenvalue weighted by molar-refractivity contribution is 6.30. The number of rotatable bonds is 4. The molecule has 2 aromatic heterocycles. The standard InChI is InChI=1S/C20H21ClN4/c21-15-9-7-14(8-10-15)18-11-19-23-17-4-2-1-3-16(17)20(25(19)24-18)22-12-13-5-6-13/h7-11,13,22H,1-6,12H2. The van der Waals surface area contributed by atoms with Crippen molar-refractivity contribution in [3.05, 3.63) is 46.6 Å². The van der Waals surface area contributed by atoms with Crippen LogP contribution < -0.4 is 5.32 Å². The predicted molar refractivity (Wildman–Crippen MR) is 101 cm³/mol. The second kappa shape index (κ2) is 6.03. The van der Waals surface area contributed by atoms with Crippen LogP contribution in [0.4, 0.5) is 5.82 Å². The molecule has 0 aliphatic heterocycles. The first-order valence-electron chi connectivity index (χ1n) is 9.19. The maximum Gasteiger partial charge on any atom is 0.158 e. The van der Waals surface area contributed by atoms with Crippen LogP contribution >= 0.6 is 11.6 Å². The lowest BCUT2D eigenvalue weighted by atomic mass is 9.96. The van der Waals surface area contributed by atoms with Crippen LogP contribution in [0.5, 0.6) is 0 Å². The van der Waals surface area contributed by atoms with Crippen LogP contribution in [0.2, 0.25) is 5.02 Å². The van der Waals surface area contributed by atoms with Crippen LogP contribution in [-0.4, -0.2) is 21.1 Å². The first kappa shape index (κ1) is 15.2. The molecule has 0 amide bonds. The Kier molecular flexibility index (Phi) is 3.66. The molecule has 128 valence electrons. The Labute approximate surface area is 152 Å². The van der Waals surface area contributed by atoms with Gasteiger partial charge in [0, 0.05) is 34.5 Å². The largest absolute Gasteiger partial charge is 0.369 e. The molecule has 5 rings (SSSR count). The summed E-state index contributed by atoms with van der Waals surface area (Å²) in [6.07, 6.45) is 7.34. The fourth-order valence-electron chi connectivity index (χ4n) is 3.66. The van der Waals surface area contributed by atoms with Crippen LogP contribution in [0.25, 0.3) is 16.9 Å². The van der Waals surface area contributed by atoms with Gasteiger partial charge in [-0.1, -0.05) is 23.7 Å². The molecule has 2 heterocycles. The average Bonchev–Trinajstić information content (AvgIpc) is 3.37. The van der Waals surface area contributed by atoms with E-state index in [2.05, 4.69) is 11.4 Å². The van der Waals surface area contributed by atoms with Crippen molar-refractivity contribution in [1.29, 1.82) is 0 Å². The van der Waals surface area contributed by atoms with E-state index in [1.54, 1.807) is 0 Å². The average molecular weight is 353 g/mol. The highest BCUT2D eigenvalue weighted by Gasteiger charge is 2.24. The van der Waals surface area contributed by atoms with Crippen molar-refractivity contribution in [3.63, 3.8) is 0 Å². The van der Waals surface area contributed by atoms with Gasteiger partial charge in [0.05, 0.1) is 5.69 Å². The molecular weight excluding hydrogens is 332 g/mol. The van der Waals surface area contributed by atoms with Gasteiger partial charge in [-0.3, -0.25) is 0 Å². The SMILES string of the molecule is Clc1ccc(-c2cc3nc4c(c(NCC5CC5)n3n2)CCCC4)cc1. The molecule has 1 saturated carbocycles. The molecule has 1 fully saturated rings. The molecule has 0 spiro atoms. The number of nitrogens with zero attached hydrogens (tertiary/aromatic N) is 3. The van der Waals surface area contributed by atoms with E-state index in [0.29, 0.717) is 0 Å². The van der Waals surface area contributed by atoms with Crippen molar-refractivity contribution in [2.45, 2.75) is 38.5 Å². The highest BCUT2D eigenvalue weighted by Crippen LogP contribution is 2.33. The summed E-state index contributed by atoms with van der Waals surface area (Å²) in [7, 11) is 0. The fourth-order valence-corrected chi connectivity index (χ4v) is 3.78. The van der Waals surface area contributed by atoms with Crippen molar-refractivity contribution >= 4 is 23.1 Å². The lowest BCUT2D eigenvalue weighted by molar-refractivity contribution is 0.660. The van der Waals surface area contributed by atoms with E-state index in [1.165, 1.54) is 36.9 Å². The molecule has 0 saturated heterocycles. The third-order valence-electron chi connectivity index (χ3n) is 5.27. The number of aromatic nitrogens is 3. The van der Waals surface area contributed by atoms with Gasteiger partial charge in [-0.2, -0.15) is 9.61 Å². The number of anilines is 1. The van der Waals surface area contributed by atoms with Crippen LogP contribution in [0.15, 0.2) is 30.3 Å². The Bertz CT molecular complexity index is 925. The quantitative estimate of drug-likeness (QED) is 0.736. The number of nitrogens with one attached hydrogen (secondary N) is 1. The number of benzene rings is 1. The van der Waals surface area contributed by atoms with E-state index in [-0.39, 0.29) is 0 Å². The number of hydrogen-bond donors (Lipinski definition) is 1. The van der Waals surface area contributed by atoms with E-state index in [9.17, 15) is 0 Å². The Hall–Kier alpha value is -2.07. The number of fused-ring (bicyclic) bond motifs is 2. The smallest absolute Gasteiger partial charge is 0.158 e. The first-order chi connectivity index (χ1) is 12.3. The molecule has 0 bridgehead atoms. The first-order valence-corrected chi connectivity index (χ1v) is 9.57. The van der Waals surface area contributed by atoms with Gasteiger partial charge < -0.3 is 5.32 Å². The minimum Gasteiger partial charge on any atom is -0.369 e. The lowest BCUT2D eigenvalue weighted by Crippen LogP contribution is -2.16. The summed E-state index contributed by atoms with van der Waals surface area (Å²) >= 11 is 6.02. The highest BCUT2D eigenvalue weighted by atomic mass is 35.5. The van der Waals surface area contributed by atoms with Crippen LogP contribution in [0, 0.1) is 5.92 Å². The summed E-state index contributed by atoms with van der Waals surface area (Å²) in [4.78, 5) is 4.92. The fraction of sp³-hybridized carbons (Fsp3) is 0.400. The third kappa shape index (κ3) is 2.89. The minimum absolute atomic E-state index is 0.743. The molecule has 5 heteroatoms. The van der Waals surface area contributed by atoms with Crippen molar-refractivity contribution in [2.75, 3.05) is 11.9 Å². The number of hydrogen-bond acceptors (Lipinski definition) is 3. The minimum atomic E-state index is 0.743. The topological polar surface area (TPSA) is 42.2 Å². The molecule has 2 aliphatic rings. The molecular formula is C20H21ClN4. The zero-order valence-corrected chi connectivity index (χ0v) is 14.9. The maximum atomic E-state index is 6.02. The van der Waals surface area contributed by atoms with Gasteiger partial charge >= 0.3 is 0 Å². The summed E-state index contributed by atoms with van der Waals surface area (Å²) in [5.74, 6) is 1.99. The molecule has 25 heavy (non-hydrogen) atoms. The number of aryl methyl sites for hydroxylation is 1. The van der Waals surface area contributed by atoms with Gasteiger partial charge in [-0.15, -0.1) is 0 Å². The Morgan fingerprint density at radius 3 is 2.72 bits per heavy atom. The van der Waals surface area contributed by atoms with Gasteiger partial charge in [-0.05, 0) is 56.6 Å². The van der Waals surface area contributed by atoms with Crippen molar-refractivity contribution in [2.24, 2.45) is 5.92 Å². The summed E-state index contributed by atoms with van der Waals surface area (Å²) in [5, 5.41) is 9.30. The molecule has 1 aromatic carbocycles. The molecule has 0 unspecified atom stereocenters. The maximum absolute atomic E-state index is 6.02. The molecule has 1 N–H and O–H groups in total. The Balaban J connectivity index is 1.63. The number of halogens is 1. The second-order valence-corrected chi connectivity index (χ2v) is 7.66. The normalized spacial score (nSPS) is 16.8. The summed E-state index contributed by atoms with van der Waals surface area (Å²) in [6.45, 7) is 1.04. The molecule has 0 radical (unpaired) electrons. The van der Waals surface area contributed by atoms with Crippen LogP contribution in [0.1, 0.15) is 36.9 Å². The lowest BCUT2D eigenvalue weighted by Gasteiger charge is -2.20. The summed E-state index contributed by atoms with van der Waals surface area (Å²) in [6, 6.07) is 9.93. The Morgan fingerprint density at radius 2 is 1.92 bits per heavy atom. The van der Waals surface area contributed by atoms with Gasteiger partial charge in [0.2, 0.25) is 0 Å². The Morgan fingerprint density at radius 1 is 1.12 bits per heavy atom. The van der Waals surface area contributed by atoms with Gasteiger partial charge in [-0.25, -0.2) is 4.98 Å². The van der Waals surface area contributed by atoms with Gasteiger partial charge in [0.1, 0.15) is 5.82 Å². The van der Waals surface area contributed by atoms with Gasteiger partial charge in [0.25, 0.3) is 0 Å². The molecule has 0 atom stereocenters. The van der Waals surface area contributed by atoms with E-state index in [1.807, 2.05) is 28.8 Å². The summed E-state index contributed by atoms with van der Waals surface area (Å²) in [5.41, 5.74) is 5.57. The van der Waals surface area contributed by atoms with E-state index in [0.717, 1.165) is 53.0 Å². The van der Waals surface area contributed by atoms with Crippen LogP contribution in [-0.2, 0) is 12.8 Å². The summed E-state index contributed by atoms with van der Waals surface area (Å²) < 4.78 is 2.01. The van der Waals surface area contributed by atoms with E-state index >= 15 is 0 Å². The third-order valence-corrected chi connectivity index (χ3v) is 5.52. The second-order valence-electron chi connectivity index (χ2n) is 7.22. The zero-order chi connectivity index (χ0) is 16.8. The molecule has 4 nitrogen and oxygen atoms in total. The van der Waals surface area contributed by atoms with Crippen molar-refractivity contribution in [3.8, 4) is 11.3 Å². The van der Waals surface area contributed by atoms with E-state index in [4.69, 9.17) is 21.7 Å². The zero-order valence-electron chi connectivity index (χ0n) is 14.1. The van der Waals surface area contributed by atoms with Crippen molar-refractivity contribution in [1.82, 2.24) is 14.6 Å².